The minimum atomic E-state index is -0.875. The molecule has 0 saturated carbocycles. The second-order valence-electron chi connectivity index (χ2n) is 5.19. The van der Waals surface area contributed by atoms with Gasteiger partial charge in [0.15, 0.2) is 11.2 Å². The molecule has 0 bridgehead atoms. The summed E-state index contributed by atoms with van der Waals surface area (Å²) < 4.78 is 5.51. The molecular weight excluding hydrogens is 397 g/mol. The first-order valence-electron chi connectivity index (χ1n) is 7.40. The SMILES string of the molecule is CC(Oc1ccc(Cl)cc1Cl)C(=O)NC(=S)Nc1ccccc1C(N)=O. The molecule has 4 N–H and O–H groups in total. The molecule has 136 valence electrons. The van der Waals surface area contributed by atoms with E-state index in [0.717, 1.165) is 0 Å². The van der Waals surface area contributed by atoms with E-state index in [1.54, 1.807) is 43.3 Å². The standard InChI is InChI=1S/C17H15Cl2N3O3S/c1-9(25-14-7-6-10(18)8-12(14)19)16(24)22-17(26)21-13-5-3-2-4-11(13)15(20)23/h2-9H,1H3,(H2,20,23)(H2,21,22,24,26). The van der Waals surface area contributed by atoms with E-state index in [9.17, 15) is 9.59 Å². The predicted molar refractivity (Wildman–Crippen MR) is 106 cm³/mol. The van der Waals surface area contributed by atoms with Crippen molar-refractivity contribution in [3.63, 3.8) is 0 Å². The predicted octanol–water partition coefficient (Wildman–Crippen LogP) is 3.37. The monoisotopic (exact) mass is 411 g/mol. The summed E-state index contributed by atoms with van der Waals surface area (Å²) in [6.45, 7) is 1.54. The van der Waals surface area contributed by atoms with Gasteiger partial charge >= 0.3 is 0 Å². The Hall–Kier alpha value is -2.35. The summed E-state index contributed by atoms with van der Waals surface area (Å²) in [7, 11) is 0. The Morgan fingerprint density at radius 3 is 2.54 bits per heavy atom. The number of carbonyl (C=O) groups is 2. The van der Waals surface area contributed by atoms with E-state index in [2.05, 4.69) is 10.6 Å². The van der Waals surface area contributed by atoms with E-state index in [1.807, 2.05) is 0 Å². The molecule has 2 aromatic rings. The van der Waals surface area contributed by atoms with Crippen molar-refractivity contribution in [3.8, 4) is 5.75 Å². The lowest BCUT2D eigenvalue weighted by atomic mass is 10.1. The number of thiocarbonyl (C=S) groups is 1. The van der Waals surface area contributed by atoms with Gasteiger partial charge in [-0.15, -0.1) is 0 Å². The molecule has 0 heterocycles. The number of hydrogen-bond acceptors (Lipinski definition) is 4. The maximum Gasteiger partial charge on any atom is 0.266 e. The largest absolute Gasteiger partial charge is 0.479 e. The van der Waals surface area contributed by atoms with Gasteiger partial charge < -0.3 is 15.8 Å². The van der Waals surface area contributed by atoms with Gasteiger partial charge in [-0.3, -0.25) is 14.9 Å². The Kier molecular flexibility index (Phi) is 6.79. The molecule has 2 rings (SSSR count). The molecular formula is C17H15Cl2N3O3S. The summed E-state index contributed by atoms with van der Waals surface area (Å²) >= 11 is 16.9. The number of amides is 2. The zero-order valence-corrected chi connectivity index (χ0v) is 15.9. The lowest BCUT2D eigenvalue weighted by Gasteiger charge is -2.17. The molecule has 0 radical (unpaired) electrons. The van der Waals surface area contributed by atoms with Crippen LogP contribution in [0.4, 0.5) is 5.69 Å². The summed E-state index contributed by atoms with van der Waals surface area (Å²) in [6.07, 6.45) is -0.875. The second-order valence-corrected chi connectivity index (χ2v) is 6.44. The minimum absolute atomic E-state index is 0.00125. The van der Waals surface area contributed by atoms with E-state index in [0.29, 0.717) is 16.5 Å². The number of carbonyl (C=O) groups excluding carboxylic acids is 2. The van der Waals surface area contributed by atoms with Gasteiger partial charge in [-0.05, 0) is 49.5 Å². The minimum Gasteiger partial charge on any atom is -0.479 e. The van der Waals surface area contributed by atoms with Gasteiger partial charge in [0.25, 0.3) is 11.8 Å². The molecule has 2 amide bonds. The Balaban J connectivity index is 1.98. The highest BCUT2D eigenvalue weighted by molar-refractivity contribution is 7.80. The van der Waals surface area contributed by atoms with Crippen molar-refractivity contribution < 1.29 is 14.3 Å². The number of halogens is 2. The van der Waals surface area contributed by atoms with Crippen molar-refractivity contribution in [2.24, 2.45) is 5.73 Å². The number of anilines is 1. The van der Waals surface area contributed by atoms with Crippen LogP contribution in [0.5, 0.6) is 5.75 Å². The Morgan fingerprint density at radius 2 is 1.88 bits per heavy atom. The highest BCUT2D eigenvalue weighted by Crippen LogP contribution is 2.28. The van der Waals surface area contributed by atoms with Crippen LogP contribution < -0.4 is 21.1 Å². The van der Waals surface area contributed by atoms with Crippen LogP contribution in [0.3, 0.4) is 0 Å². The molecule has 9 heteroatoms. The zero-order chi connectivity index (χ0) is 19.3. The molecule has 0 aliphatic rings. The number of para-hydroxylation sites is 1. The van der Waals surface area contributed by atoms with Crippen LogP contribution in [0.2, 0.25) is 10.0 Å². The van der Waals surface area contributed by atoms with Crippen LogP contribution in [0.25, 0.3) is 0 Å². The van der Waals surface area contributed by atoms with E-state index in [-0.39, 0.29) is 15.7 Å². The number of ether oxygens (including phenoxy) is 1. The Labute approximate surface area is 165 Å². The fraction of sp³-hybridized carbons (Fsp3) is 0.118. The van der Waals surface area contributed by atoms with Crippen molar-refractivity contribution in [1.29, 1.82) is 0 Å². The molecule has 26 heavy (non-hydrogen) atoms. The average molecular weight is 412 g/mol. The van der Waals surface area contributed by atoms with Crippen molar-refractivity contribution in [1.82, 2.24) is 5.32 Å². The molecule has 1 atom stereocenters. The summed E-state index contributed by atoms with van der Waals surface area (Å²) in [5.41, 5.74) is 5.94. The second kappa shape index (κ2) is 8.84. The van der Waals surface area contributed by atoms with Gasteiger partial charge in [0.2, 0.25) is 0 Å². The number of nitrogens with two attached hydrogens (primary N) is 1. The van der Waals surface area contributed by atoms with E-state index < -0.39 is 17.9 Å². The van der Waals surface area contributed by atoms with Crippen molar-refractivity contribution in [2.45, 2.75) is 13.0 Å². The van der Waals surface area contributed by atoms with E-state index in [1.165, 1.54) is 6.07 Å². The molecule has 6 nitrogen and oxygen atoms in total. The maximum atomic E-state index is 12.2. The quantitative estimate of drug-likeness (QED) is 0.655. The van der Waals surface area contributed by atoms with Gasteiger partial charge in [0.05, 0.1) is 16.3 Å². The molecule has 0 saturated heterocycles. The van der Waals surface area contributed by atoms with Crippen LogP contribution in [0, 0.1) is 0 Å². The Bertz CT molecular complexity index is 861. The molecule has 0 aliphatic heterocycles. The van der Waals surface area contributed by atoms with Crippen LogP contribution in [0.1, 0.15) is 17.3 Å². The van der Waals surface area contributed by atoms with Gasteiger partial charge in [-0.25, -0.2) is 0 Å². The van der Waals surface area contributed by atoms with Crippen LogP contribution in [-0.2, 0) is 4.79 Å². The van der Waals surface area contributed by atoms with Gasteiger partial charge in [0.1, 0.15) is 5.75 Å². The smallest absolute Gasteiger partial charge is 0.266 e. The van der Waals surface area contributed by atoms with Gasteiger partial charge in [-0.2, -0.15) is 0 Å². The van der Waals surface area contributed by atoms with Crippen molar-refractivity contribution in [3.05, 3.63) is 58.1 Å². The normalized spacial score (nSPS) is 11.3. The third kappa shape index (κ3) is 5.32. The Morgan fingerprint density at radius 1 is 1.19 bits per heavy atom. The van der Waals surface area contributed by atoms with E-state index in [4.69, 9.17) is 45.9 Å². The number of primary amides is 1. The first-order valence-corrected chi connectivity index (χ1v) is 8.56. The highest BCUT2D eigenvalue weighted by Gasteiger charge is 2.18. The summed E-state index contributed by atoms with van der Waals surface area (Å²) in [5.74, 6) is -0.793. The number of nitrogens with one attached hydrogen (secondary N) is 2. The maximum absolute atomic E-state index is 12.2. The van der Waals surface area contributed by atoms with Crippen LogP contribution >= 0.6 is 35.4 Å². The molecule has 0 spiro atoms. The molecule has 1 unspecified atom stereocenters. The fourth-order valence-corrected chi connectivity index (χ4v) is 2.65. The zero-order valence-electron chi connectivity index (χ0n) is 13.6. The molecule has 2 aromatic carbocycles. The number of benzene rings is 2. The van der Waals surface area contributed by atoms with Gasteiger partial charge in [-0.1, -0.05) is 35.3 Å². The highest BCUT2D eigenvalue weighted by atomic mass is 35.5. The molecule has 0 aromatic heterocycles. The lowest BCUT2D eigenvalue weighted by Crippen LogP contribution is -2.42. The van der Waals surface area contributed by atoms with Crippen LogP contribution in [0.15, 0.2) is 42.5 Å². The average Bonchev–Trinajstić information content (AvgIpc) is 2.57. The van der Waals surface area contributed by atoms with E-state index >= 15 is 0 Å². The summed E-state index contributed by atoms with van der Waals surface area (Å²) in [4.78, 5) is 23.6. The van der Waals surface area contributed by atoms with Crippen LogP contribution in [-0.4, -0.2) is 23.0 Å². The first kappa shape index (κ1) is 20.0. The summed E-state index contributed by atoms with van der Waals surface area (Å²) in [5, 5.41) is 5.98. The fourth-order valence-electron chi connectivity index (χ4n) is 1.99. The number of hydrogen-bond donors (Lipinski definition) is 3. The van der Waals surface area contributed by atoms with Gasteiger partial charge in [0, 0.05) is 5.02 Å². The van der Waals surface area contributed by atoms with Crippen molar-refractivity contribution in [2.75, 3.05) is 5.32 Å². The van der Waals surface area contributed by atoms with Crippen molar-refractivity contribution >= 4 is 58.0 Å². The first-order chi connectivity index (χ1) is 12.3. The lowest BCUT2D eigenvalue weighted by molar-refractivity contribution is -0.125. The third-order valence-electron chi connectivity index (χ3n) is 3.24. The molecule has 0 fully saturated rings. The molecule has 0 aliphatic carbocycles. The number of rotatable bonds is 5. The summed E-state index contributed by atoms with van der Waals surface area (Å²) in [6, 6.07) is 11.2. The topological polar surface area (TPSA) is 93.4 Å². The third-order valence-corrected chi connectivity index (χ3v) is 3.98.